The zero-order valence-corrected chi connectivity index (χ0v) is 50.6. The van der Waals surface area contributed by atoms with Gasteiger partial charge in [0.2, 0.25) is 11.8 Å². The summed E-state index contributed by atoms with van der Waals surface area (Å²) in [5.41, 5.74) is 4.60. The number of carbonyl (C=O) groups is 2. The average Bonchev–Trinajstić information content (AvgIpc) is 1.59. The Morgan fingerprint density at radius 2 is 0.947 bits per heavy atom. The molecule has 0 radical (unpaired) electrons. The molecule has 2 N–H and O–H groups in total. The van der Waals surface area contributed by atoms with Crippen LogP contribution >= 0.6 is 0 Å². The maximum atomic E-state index is 15.5. The van der Waals surface area contributed by atoms with Crippen molar-refractivity contribution in [2.75, 3.05) is 27.4 Å². The SMILES string of the molecule is COCCn1c(Cc2cc(F)c(-c3cccc(OCc4ccc(-n5cnc(C6CC6)n5)nc4)n3)cc2F)nc2ccc(C(=O)O)cc21.COCCn1c(Cc2cc(F)c(-c3cccc(OCc4ccc(-n5cnc(C6CC6)n5)nc4)n3)cc2F)nc2ccc(C(=O)O)cc21. The number of fused-ring (bicyclic) bond motifs is 2. The summed E-state index contributed by atoms with van der Waals surface area (Å²) < 4.78 is 91.0. The molecular weight excluding hydrogens is 1220 g/mol. The molecule has 8 heterocycles. The molecular formula is C68H58F4N14O8. The molecule has 22 nitrogen and oxygen atoms in total. The highest BCUT2D eigenvalue weighted by molar-refractivity contribution is 5.93. The van der Waals surface area contributed by atoms with Gasteiger partial charge in [0.1, 0.15) is 60.8 Å². The van der Waals surface area contributed by atoms with Crippen molar-refractivity contribution in [1.29, 1.82) is 0 Å². The third-order valence-electron chi connectivity index (χ3n) is 15.9. The van der Waals surface area contributed by atoms with Gasteiger partial charge < -0.3 is 38.3 Å². The molecule has 0 aliphatic heterocycles. The number of halogens is 4. The molecule has 0 unspecified atom stereocenters. The Bertz CT molecular complexity index is 4480. The molecule has 2 fully saturated rings. The Morgan fingerprint density at radius 3 is 1.33 bits per heavy atom. The monoisotopic (exact) mass is 1270 g/mol. The van der Waals surface area contributed by atoms with E-state index < -0.39 is 35.2 Å². The maximum absolute atomic E-state index is 15.5. The fourth-order valence-corrected chi connectivity index (χ4v) is 10.6. The lowest BCUT2D eigenvalue weighted by molar-refractivity contribution is 0.0686. The van der Waals surface area contributed by atoms with Crippen molar-refractivity contribution in [2.45, 2.75) is 76.7 Å². The number of rotatable bonds is 24. The average molecular weight is 1280 g/mol. The second kappa shape index (κ2) is 27.0. The van der Waals surface area contributed by atoms with E-state index in [2.05, 4.69) is 50.1 Å². The second-order valence-electron chi connectivity index (χ2n) is 22.6. The lowest BCUT2D eigenvalue weighted by Gasteiger charge is -2.12. The zero-order chi connectivity index (χ0) is 65.0. The molecule has 94 heavy (non-hydrogen) atoms. The Kier molecular flexibility index (Phi) is 17.7. The minimum Gasteiger partial charge on any atom is -0.478 e. The van der Waals surface area contributed by atoms with E-state index in [1.807, 2.05) is 24.3 Å². The topological polar surface area (TPSA) is 260 Å². The van der Waals surface area contributed by atoms with Crippen LogP contribution in [0.15, 0.2) is 146 Å². The van der Waals surface area contributed by atoms with E-state index in [-0.39, 0.29) is 82.6 Å². The number of hydrogen-bond donors (Lipinski definition) is 2. The lowest BCUT2D eigenvalue weighted by Crippen LogP contribution is -2.10. The molecule has 2 saturated carbocycles. The van der Waals surface area contributed by atoms with Gasteiger partial charge in [-0.2, -0.15) is 0 Å². The highest BCUT2D eigenvalue weighted by Gasteiger charge is 2.29. The Balaban J connectivity index is 0.000000171. The van der Waals surface area contributed by atoms with Gasteiger partial charge in [0.15, 0.2) is 23.3 Å². The first-order valence-corrected chi connectivity index (χ1v) is 30.0. The molecule has 12 aromatic rings. The normalized spacial score (nSPS) is 12.9. The van der Waals surface area contributed by atoms with Gasteiger partial charge in [-0.15, -0.1) is 10.2 Å². The van der Waals surface area contributed by atoms with E-state index >= 15 is 17.6 Å². The molecule has 0 amide bonds. The number of nitrogens with zero attached hydrogens (tertiary/aromatic N) is 14. The van der Waals surface area contributed by atoms with E-state index in [9.17, 15) is 19.8 Å². The molecule has 8 aromatic heterocycles. The number of ether oxygens (including phenoxy) is 4. The van der Waals surface area contributed by atoms with Crippen molar-refractivity contribution in [1.82, 2.24) is 68.6 Å². The summed E-state index contributed by atoms with van der Waals surface area (Å²) in [6, 6.07) is 30.8. The fraction of sp³-hybridized carbons (Fsp3) is 0.235. The van der Waals surface area contributed by atoms with Gasteiger partial charge in [0.25, 0.3) is 0 Å². The highest BCUT2D eigenvalue weighted by atomic mass is 19.1. The van der Waals surface area contributed by atoms with Crippen LogP contribution in [0.2, 0.25) is 0 Å². The Hall–Kier alpha value is -11.1. The molecule has 0 atom stereocenters. The Morgan fingerprint density at radius 1 is 0.511 bits per heavy atom. The number of aromatic carboxylic acids is 2. The van der Waals surface area contributed by atoms with Crippen LogP contribution < -0.4 is 9.47 Å². The van der Waals surface area contributed by atoms with Gasteiger partial charge in [0.05, 0.1) is 57.8 Å². The first-order chi connectivity index (χ1) is 45.7. The van der Waals surface area contributed by atoms with Gasteiger partial charge in [-0.25, -0.2) is 76.4 Å². The van der Waals surface area contributed by atoms with Crippen LogP contribution in [0.1, 0.15) is 104 Å². The summed E-state index contributed by atoms with van der Waals surface area (Å²) in [6.45, 7) is 1.69. The minimum atomic E-state index is -1.07. The number of imidazole rings is 2. The minimum absolute atomic E-state index is 0.0138. The molecule has 14 rings (SSSR count). The van der Waals surface area contributed by atoms with Crippen LogP contribution in [-0.4, -0.2) is 118 Å². The van der Waals surface area contributed by atoms with Crippen molar-refractivity contribution in [3.8, 4) is 45.9 Å². The molecule has 2 aliphatic rings. The number of carboxylic acid groups (broad SMARTS) is 2. The molecule has 0 spiro atoms. The van der Waals surface area contributed by atoms with Crippen molar-refractivity contribution in [3.63, 3.8) is 0 Å². The smallest absolute Gasteiger partial charge is 0.335 e. The van der Waals surface area contributed by atoms with E-state index in [1.54, 1.807) is 106 Å². The maximum Gasteiger partial charge on any atom is 0.335 e. The third-order valence-corrected chi connectivity index (χ3v) is 15.9. The van der Waals surface area contributed by atoms with Gasteiger partial charge >= 0.3 is 11.9 Å². The summed E-state index contributed by atoms with van der Waals surface area (Å²) in [7, 11) is 3.09. The quantitative estimate of drug-likeness (QED) is 0.0533. The predicted molar refractivity (Wildman–Crippen MR) is 333 cm³/mol. The summed E-state index contributed by atoms with van der Waals surface area (Å²) in [5.74, 6) is 0.551. The number of aromatic nitrogens is 14. The van der Waals surface area contributed by atoms with E-state index in [4.69, 9.17) is 18.9 Å². The van der Waals surface area contributed by atoms with Crippen LogP contribution in [0, 0.1) is 23.3 Å². The van der Waals surface area contributed by atoms with Crippen molar-refractivity contribution < 1.29 is 56.3 Å². The molecule has 0 saturated heterocycles. The molecule has 0 bridgehead atoms. The van der Waals surface area contributed by atoms with E-state index in [0.717, 1.165) is 72.7 Å². The number of hydrogen-bond acceptors (Lipinski definition) is 16. The highest BCUT2D eigenvalue weighted by Crippen LogP contribution is 2.39. The van der Waals surface area contributed by atoms with E-state index in [1.165, 1.54) is 24.3 Å². The summed E-state index contributed by atoms with van der Waals surface area (Å²) in [4.78, 5) is 58.7. The van der Waals surface area contributed by atoms with Crippen LogP contribution in [0.4, 0.5) is 17.6 Å². The fourth-order valence-electron chi connectivity index (χ4n) is 10.6. The number of pyridine rings is 4. The summed E-state index contributed by atoms with van der Waals surface area (Å²) in [5, 5.41) is 27.9. The van der Waals surface area contributed by atoms with Crippen LogP contribution in [0.5, 0.6) is 11.8 Å². The van der Waals surface area contributed by atoms with E-state index in [0.29, 0.717) is 83.5 Å². The van der Waals surface area contributed by atoms with Crippen LogP contribution in [-0.2, 0) is 48.6 Å². The zero-order valence-electron chi connectivity index (χ0n) is 50.6. The number of methoxy groups -OCH3 is 2. The Labute approximate surface area is 533 Å². The summed E-state index contributed by atoms with van der Waals surface area (Å²) in [6.07, 6.45) is 11.1. The number of carboxylic acids is 2. The largest absolute Gasteiger partial charge is 0.478 e. The molecule has 26 heteroatoms. The van der Waals surface area contributed by atoms with Crippen LogP contribution in [0.25, 0.3) is 56.2 Å². The van der Waals surface area contributed by atoms with Gasteiger partial charge in [-0.05, 0) is 122 Å². The van der Waals surface area contributed by atoms with Gasteiger partial charge in [0, 0.05) is 98.8 Å². The van der Waals surface area contributed by atoms with Crippen molar-refractivity contribution >= 4 is 34.0 Å². The molecule has 476 valence electrons. The van der Waals surface area contributed by atoms with Crippen molar-refractivity contribution in [2.24, 2.45) is 0 Å². The predicted octanol–water partition coefficient (Wildman–Crippen LogP) is 11.5. The standard InChI is InChI=1S/2C34H29F2N7O4/c2*1-46-12-11-42-29-14-22(34(44)45)8-9-28(29)39-31(42)15-23-13-26(36)24(16-25(23)35)27-3-2-4-32(40-27)47-18-20-5-10-30(37-17-20)43-19-38-33(41-43)21-6-7-21/h2*2-5,8-10,13-14,16-17,19,21H,6-7,11-12,15,18H2,1H3,(H,44,45). The number of benzene rings is 4. The summed E-state index contributed by atoms with van der Waals surface area (Å²) >= 11 is 0. The third kappa shape index (κ3) is 13.9. The second-order valence-corrected chi connectivity index (χ2v) is 22.6. The van der Waals surface area contributed by atoms with Gasteiger partial charge in [-0.1, -0.05) is 24.3 Å². The first-order valence-electron chi connectivity index (χ1n) is 30.0. The molecule has 4 aromatic carbocycles. The van der Waals surface area contributed by atoms with Crippen LogP contribution in [0.3, 0.4) is 0 Å². The lowest BCUT2D eigenvalue weighted by atomic mass is 10.0. The van der Waals surface area contributed by atoms with Gasteiger partial charge in [-0.3, -0.25) is 0 Å². The van der Waals surface area contributed by atoms with Crippen molar-refractivity contribution in [3.05, 3.63) is 226 Å². The first kappa shape index (κ1) is 61.7. The molecule has 2 aliphatic carbocycles.